The first kappa shape index (κ1) is 20.0. The van der Waals surface area contributed by atoms with Crippen molar-refractivity contribution in [1.29, 1.82) is 0 Å². The number of rotatable bonds is 8. The fourth-order valence-electron chi connectivity index (χ4n) is 3.92. The van der Waals surface area contributed by atoms with Gasteiger partial charge in [-0.25, -0.2) is 0 Å². The van der Waals surface area contributed by atoms with Crippen molar-refractivity contribution in [1.82, 2.24) is 10.2 Å². The van der Waals surface area contributed by atoms with Crippen LogP contribution in [0.25, 0.3) is 0 Å². The number of nitrogens with one attached hydrogen (secondary N) is 1. The van der Waals surface area contributed by atoms with Gasteiger partial charge in [0.1, 0.15) is 0 Å². The SMILES string of the molecule is C=CCN1CCc2cc(OC)c(OC)cc2[C@H]1[C@@H](CC)NC(=O)c1ccco1. The van der Waals surface area contributed by atoms with Crippen LogP contribution in [-0.4, -0.2) is 44.2 Å². The zero-order valence-electron chi connectivity index (χ0n) is 16.7. The van der Waals surface area contributed by atoms with E-state index >= 15 is 0 Å². The van der Waals surface area contributed by atoms with Crippen LogP contribution in [0.5, 0.6) is 11.5 Å². The number of benzene rings is 1. The number of amides is 1. The number of hydrogen-bond acceptors (Lipinski definition) is 5. The van der Waals surface area contributed by atoms with E-state index in [1.807, 2.05) is 18.2 Å². The second-order valence-corrected chi connectivity index (χ2v) is 6.85. The predicted molar refractivity (Wildman–Crippen MR) is 108 cm³/mol. The number of methoxy groups -OCH3 is 2. The molecule has 0 unspecified atom stereocenters. The van der Waals surface area contributed by atoms with Gasteiger partial charge in [-0.1, -0.05) is 13.0 Å². The summed E-state index contributed by atoms with van der Waals surface area (Å²) in [4.78, 5) is 15.0. The molecule has 2 heterocycles. The number of carbonyl (C=O) groups is 1. The summed E-state index contributed by atoms with van der Waals surface area (Å²) in [6, 6.07) is 7.39. The third kappa shape index (κ3) is 3.92. The minimum atomic E-state index is -0.206. The zero-order valence-corrected chi connectivity index (χ0v) is 16.7. The van der Waals surface area contributed by atoms with E-state index in [-0.39, 0.29) is 18.0 Å². The molecule has 0 aliphatic carbocycles. The van der Waals surface area contributed by atoms with Crippen LogP contribution in [0, 0.1) is 0 Å². The molecule has 1 amide bonds. The molecule has 1 aromatic heterocycles. The van der Waals surface area contributed by atoms with Crippen molar-refractivity contribution >= 4 is 5.91 Å². The summed E-state index contributed by atoms with van der Waals surface area (Å²) in [7, 11) is 3.28. The summed E-state index contributed by atoms with van der Waals surface area (Å²) in [5, 5.41) is 3.15. The number of hydrogen-bond donors (Lipinski definition) is 1. The summed E-state index contributed by atoms with van der Waals surface area (Å²) in [5.74, 6) is 1.53. The lowest BCUT2D eigenvalue weighted by Gasteiger charge is -2.41. The lowest BCUT2D eigenvalue weighted by Crippen LogP contribution is -2.48. The molecule has 1 N–H and O–H groups in total. The van der Waals surface area contributed by atoms with Crippen LogP contribution >= 0.6 is 0 Å². The Labute approximate surface area is 166 Å². The summed E-state index contributed by atoms with van der Waals surface area (Å²) < 4.78 is 16.3. The van der Waals surface area contributed by atoms with Crippen LogP contribution < -0.4 is 14.8 Å². The summed E-state index contributed by atoms with van der Waals surface area (Å²) in [6.45, 7) is 7.60. The van der Waals surface area contributed by atoms with Gasteiger partial charge in [0.2, 0.25) is 0 Å². The van der Waals surface area contributed by atoms with E-state index in [0.29, 0.717) is 11.5 Å². The molecule has 3 rings (SSSR count). The van der Waals surface area contributed by atoms with Crippen molar-refractivity contribution in [3.8, 4) is 11.5 Å². The Kier molecular flexibility index (Phi) is 6.41. The van der Waals surface area contributed by atoms with E-state index in [0.717, 1.165) is 37.2 Å². The molecule has 0 fully saturated rings. The third-order valence-corrected chi connectivity index (χ3v) is 5.27. The lowest BCUT2D eigenvalue weighted by atomic mass is 9.86. The van der Waals surface area contributed by atoms with E-state index in [1.165, 1.54) is 11.8 Å². The maximum atomic E-state index is 12.6. The maximum absolute atomic E-state index is 12.6. The molecule has 1 aliphatic rings. The van der Waals surface area contributed by atoms with Crippen molar-refractivity contribution in [2.24, 2.45) is 0 Å². The van der Waals surface area contributed by atoms with Gasteiger partial charge in [-0.05, 0) is 48.2 Å². The van der Waals surface area contributed by atoms with E-state index in [4.69, 9.17) is 13.9 Å². The Bertz CT molecular complexity index is 816. The second kappa shape index (κ2) is 8.97. The molecule has 0 radical (unpaired) electrons. The molecule has 0 spiro atoms. The Morgan fingerprint density at radius 1 is 1.39 bits per heavy atom. The molecule has 1 aliphatic heterocycles. The van der Waals surface area contributed by atoms with Crippen molar-refractivity contribution in [3.63, 3.8) is 0 Å². The van der Waals surface area contributed by atoms with Crippen molar-refractivity contribution in [3.05, 3.63) is 60.1 Å². The number of fused-ring (bicyclic) bond motifs is 1. The molecule has 6 heteroatoms. The molecule has 6 nitrogen and oxygen atoms in total. The molecule has 2 aromatic rings. The van der Waals surface area contributed by atoms with Gasteiger partial charge in [-0.2, -0.15) is 0 Å². The van der Waals surface area contributed by atoms with Crippen molar-refractivity contribution < 1.29 is 18.7 Å². The number of nitrogens with zero attached hydrogens (tertiary/aromatic N) is 1. The summed E-state index contributed by atoms with van der Waals surface area (Å²) >= 11 is 0. The van der Waals surface area contributed by atoms with Crippen LogP contribution in [-0.2, 0) is 6.42 Å². The summed E-state index contributed by atoms with van der Waals surface area (Å²) in [6.07, 6.45) is 5.09. The Hall–Kier alpha value is -2.73. The topological polar surface area (TPSA) is 63.9 Å². The van der Waals surface area contributed by atoms with E-state index in [2.05, 4.69) is 23.7 Å². The molecule has 0 bridgehead atoms. The largest absolute Gasteiger partial charge is 0.493 e. The molecule has 0 saturated carbocycles. The average molecular weight is 384 g/mol. The summed E-state index contributed by atoms with van der Waals surface area (Å²) in [5.41, 5.74) is 2.37. The fourth-order valence-corrected chi connectivity index (χ4v) is 3.92. The van der Waals surface area contributed by atoms with Gasteiger partial charge >= 0.3 is 0 Å². The van der Waals surface area contributed by atoms with Gasteiger partial charge in [-0.15, -0.1) is 6.58 Å². The normalized spacial score (nSPS) is 17.5. The minimum Gasteiger partial charge on any atom is -0.493 e. The highest BCUT2D eigenvalue weighted by atomic mass is 16.5. The Morgan fingerprint density at radius 3 is 2.75 bits per heavy atom. The Balaban J connectivity index is 1.99. The second-order valence-electron chi connectivity index (χ2n) is 6.85. The first-order valence-corrected chi connectivity index (χ1v) is 9.57. The molecule has 0 saturated heterocycles. The van der Waals surface area contributed by atoms with Crippen LogP contribution in [0.15, 0.2) is 47.6 Å². The van der Waals surface area contributed by atoms with Crippen LogP contribution in [0.1, 0.15) is 41.1 Å². The molecule has 1 aromatic carbocycles. The quantitative estimate of drug-likeness (QED) is 0.705. The van der Waals surface area contributed by atoms with Gasteiger partial charge < -0.3 is 19.2 Å². The molecule has 28 heavy (non-hydrogen) atoms. The predicted octanol–water partition coefficient (Wildman–Crippen LogP) is 3.59. The maximum Gasteiger partial charge on any atom is 0.287 e. The van der Waals surface area contributed by atoms with E-state index in [1.54, 1.807) is 26.4 Å². The number of furan rings is 1. The van der Waals surface area contributed by atoms with Gasteiger partial charge in [-0.3, -0.25) is 9.69 Å². The fraction of sp³-hybridized carbons (Fsp3) is 0.409. The third-order valence-electron chi connectivity index (χ3n) is 5.27. The number of ether oxygens (including phenoxy) is 2. The minimum absolute atomic E-state index is 0.00506. The molecule has 2 atom stereocenters. The van der Waals surface area contributed by atoms with Gasteiger partial charge in [0.15, 0.2) is 17.3 Å². The standard InChI is InChI=1S/C22H28N2O4/c1-5-10-24-11-9-15-13-19(26-3)20(27-4)14-16(15)21(24)17(6-2)23-22(25)18-8-7-12-28-18/h5,7-8,12-14,17,21H,1,6,9-11H2,2-4H3,(H,23,25)/t17-,21+/m1/s1. The zero-order chi connectivity index (χ0) is 20.1. The smallest absolute Gasteiger partial charge is 0.287 e. The van der Waals surface area contributed by atoms with Crippen molar-refractivity contribution in [2.75, 3.05) is 27.3 Å². The van der Waals surface area contributed by atoms with Crippen LogP contribution in [0.3, 0.4) is 0 Å². The number of carbonyl (C=O) groups excluding carboxylic acids is 1. The van der Waals surface area contributed by atoms with Gasteiger partial charge in [0.25, 0.3) is 5.91 Å². The van der Waals surface area contributed by atoms with Crippen LogP contribution in [0.2, 0.25) is 0 Å². The van der Waals surface area contributed by atoms with Crippen LogP contribution in [0.4, 0.5) is 0 Å². The molecular weight excluding hydrogens is 356 g/mol. The molecular formula is C22H28N2O4. The van der Waals surface area contributed by atoms with E-state index < -0.39 is 0 Å². The van der Waals surface area contributed by atoms with Gasteiger partial charge in [0, 0.05) is 19.1 Å². The molecule has 150 valence electrons. The Morgan fingerprint density at radius 2 is 2.14 bits per heavy atom. The lowest BCUT2D eigenvalue weighted by molar-refractivity contribution is 0.0853. The average Bonchev–Trinajstić information content (AvgIpc) is 3.26. The van der Waals surface area contributed by atoms with Gasteiger partial charge in [0.05, 0.1) is 26.5 Å². The first-order chi connectivity index (χ1) is 13.6. The monoisotopic (exact) mass is 384 g/mol. The van der Waals surface area contributed by atoms with E-state index in [9.17, 15) is 4.79 Å². The highest BCUT2D eigenvalue weighted by molar-refractivity contribution is 5.91. The van der Waals surface area contributed by atoms with Crippen molar-refractivity contribution in [2.45, 2.75) is 31.8 Å². The highest BCUT2D eigenvalue weighted by Gasteiger charge is 2.34. The highest BCUT2D eigenvalue weighted by Crippen LogP contribution is 2.40. The first-order valence-electron chi connectivity index (χ1n) is 9.57.